The quantitative estimate of drug-likeness (QED) is 0.720. The van der Waals surface area contributed by atoms with Crippen LogP contribution in [0.15, 0.2) is 12.1 Å². The van der Waals surface area contributed by atoms with Crippen LogP contribution in [0.1, 0.15) is 36.3 Å². The fourth-order valence-corrected chi connectivity index (χ4v) is 1.73. The maximum atomic E-state index is 10.9. The predicted molar refractivity (Wildman–Crippen MR) is 69.9 cm³/mol. The molecule has 0 aliphatic rings. The van der Waals surface area contributed by atoms with Gasteiger partial charge >= 0.3 is 5.97 Å². The number of aromatic nitrogens is 1. The predicted octanol–water partition coefficient (Wildman–Crippen LogP) is 1.91. The molecule has 0 fully saturated rings. The molecule has 0 saturated heterocycles. The summed E-state index contributed by atoms with van der Waals surface area (Å²) in [5.74, 6) is -0.0802. The molecule has 0 bridgehead atoms. The molecule has 1 aromatic heterocycles. The Labute approximate surface area is 107 Å². The monoisotopic (exact) mass is 252 g/mol. The molecule has 0 aliphatic heterocycles. The third-order valence-electron chi connectivity index (χ3n) is 2.46. The number of carboxylic acids is 1. The van der Waals surface area contributed by atoms with Crippen LogP contribution in [0.2, 0.25) is 0 Å². The van der Waals surface area contributed by atoms with Gasteiger partial charge in [0.15, 0.2) is 0 Å². The first-order valence-electron chi connectivity index (χ1n) is 6.02. The highest BCUT2D eigenvalue weighted by molar-refractivity contribution is 5.88. The van der Waals surface area contributed by atoms with Crippen molar-refractivity contribution in [3.8, 4) is 0 Å². The maximum Gasteiger partial charge on any atom is 0.335 e. The summed E-state index contributed by atoms with van der Waals surface area (Å²) in [5.41, 5.74) is 0.832. The van der Waals surface area contributed by atoms with Gasteiger partial charge in [0.25, 0.3) is 0 Å². The molecule has 1 aromatic rings. The van der Waals surface area contributed by atoms with Gasteiger partial charge in [0.2, 0.25) is 0 Å². The van der Waals surface area contributed by atoms with Crippen LogP contribution >= 0.6 is 0 Å². The summed E-state index contributed by atoms with van der Waals surface area (Å²) < 4.78 is 0. The van der Waals surface area contributed by atoms with Gasteiger partial charge in [-0.1, -0.05) is 13.8 Å². The molecule has 1 rings (SSSR count). The molecule has 18 heavy (non-hydrogen) atoms. The summed E-state index contributed by atoms with van der Waals surface area (Å²) in [6, 6.07) is 2.98. The second-order valence-corrected chi connectivity index (χ2v) is 4.85. The van der Waals surface area contributed by atoms with Crippen LogP contribution < -0.4 is 5.32 Å². The molecule has 1 atom stereocenters. The molecular formula is C13H20N2O3. The summed E-state index contributed by atoms with van der Waals surface area (Å²) in [5, 5.41) is 21.6. The second kappa shape index (κ2) is 6.35. The number of aliphatic hydroxyl groups excluding tert-OH is 1. The number of carboxylic acid groups (broad SMARTS) is 1. The summed E-state index contributed by atoms with van der Waals surface area (Å²) in [6.45, 7) is 6.18. The van der Waals surface area contributed by atoms with Crippen LogP contribution in [0.3, 0.4) is 0 Å². The second-order valence-electron chi connectivity index (χ2n) is 4.85. The van der Waals surface area contributed by atoms with Gasteiger partial charge in [0.1, 0.15) is 5.82 Å². The normalized spacial score (nSPS) is 12.5. The van der Waals surface area contributed by atoms with Crippen molar-refractivity contribution < 1.29 is 15.0 Å². The largest absolute Gasteiger partial charge is 0.478 e. The standard InChI is InChI=1S/C13H20N2O3/c1-8(2)4-11(16)7-14-12-6-10(13(17)18)5-9(3)15-12/h5-6,8,11,16H,4,7H2,1-3H3,(H,14,15)(H,17,18). The van der Waals surface area contributed by atoms with Gasteiger partial charge in [0.05, 0.1) is 11.7 Å². The van der Waals surface area contributed by atoms with E-state index in [2.05, 4.69) is 10.3 Å². The van der Waals surface area contributed by atoms with E-state index in [4.69, 9.17) is 5.11 Å². The van der Waals surface area contributed by atoms with E-state index in [9.17, 15) is 9.90 Å². The molecule has 0 radical (unpaired) electrons. The number of anilines is 1. The Kier molecular flexibility index (Phi) is 5.09. The maximum absolute atomic E-state index is 10.9. The van der Waals surface area contributed by atoms with Crippen molar-refractivity contribution in [3.63, 3.8) is 0 Å². The van der Waals surface area contributed by atoms with Crippen molar-refractivity contribution in [1.82, 2.24) is 4.98 Å². The van der Waals surface area contributed by atoms with Crippen molar-refractivity contribution in [2.75, 3.05) is 11.9 Å². The van der Waals surface area contributed by atoms with Gasteiger partial charge in [-0.25, -0.2) is 9.78 Å². The van der Waals surface area contributed by atoms with Gasteiger partial charge < -0.3 is 15.5 Å². The third kappa shape index (κ3) is 4.71. The zero-order chi connectivity index (χ0) is 13.7. The molecular weight excluding hydrogens is 232 g/mol. The number of rotatable bonds is 6. The average molecular weight is 252 g/mol. The van der Waals surface area contributed by atoms with E-state index in [1.54, 1.807) is 6.92 Å². The molecule has 5 heteroatoms. The number of carbonyl (C=O) groups is 1. The van der Waals surface area contributed by atoms with E-state index >= 15 is 0 Å². The Hall–Kier alpha value is -1.62. The zero-order valence-electron chi connectivity index (χ0n) is 11.0. The Bertz CT molecular complexity index is 419. The van der Waals surface area contributed by atoms with Crippen LogP contribution in [0.4, 0.5) is 5.82 Å². The highest BCUT2D eigenvalue weighted by Crippen LogP contribution is 2.11. The van der Waals surface area contributed by atoms with Crippen LogP contribution in [-0.4, -0.2) is 33.8 Å². The van der Waals surface area contributed by atoms with Gasteiger partial charge in [-0.15, -0.1) is 0 Å². The summed E-state index contributed by atoms with van der Waals surface area (Å²) in [7, 11) is 0. The third-order valence-corrected chi connectivity index (χ3v) is 2.46. The number of nitrogens with one attached hydrogen (secondary N) is 1. The highest BCUT2D eigenvalue weighted by atomic mass is 16.4. The van der Waals surface area contributed by atoms with Crippen LogP contribution in [-0.2, 0) is 0 Å². The number of hydrogen-bond donors (Lipinski definition) is 3. The van der Waals surface area contributed by atoms with Crippen molar-refractivity contribution in [2.24, 2.45) is 5.92 Å². The minimum absolute atomic E-state index is 0.198. The molecule has 0 spiro atoms. The number of pyridine rings is 1. The van der Waals surface area contributed by atoms with E-state index in [0.29, 0.717) is 30.4 Å². The molecule has 0 amide bonds. The SMILES string of the molecule is Cc1cc(C(=O)O)cc(NCC(O)CC(C)C)n1. The number of aryl methyl sites for hydroxylation is 1. The van der Waals surface area contributed by atoms with Crippen molar-refractivity contribution in [3.05, 3.63) is 23.4 Å². The first kappa shape index (κ1) is 14.4. The summed E-state index contributed by atoms with van der Waals surface area (Å²) in [4.78, 5) is 15.1. The van der Waals surface area contributed by atoms with Crippen LogP contribution in [0, 0.1) is 12.8 Å². The molecule has 1 heterocycles. The molecule has 1 unspecified atom stereocenters. The van der Waals surface area contributed by atoms with Crippen molar-refractivity contribution in [2.45, 2.75) is 33.3 Å². The first-order valence-corrected chi connectivity index (χ1v) is 6.02. The zero-order valence-corrected chi connectivity index (χ0v) is 11.0. The van der Waals surface area contributed by atoms with Gasteiger partial charge in [-0.05, 0) is 31.4 Å². The molecule has 0 aromatic carbocycles. The first-order chi connectivity index (χ1) is 8.38. The van der Waals surface area contributed by atoms with E-state index in [0.717, 1.165) is 0 Å². The Balaban J connectivity index is 2.64. The smallest absolute Gasteiger partial charge is 0.335 e. The highest BCUT2D eigenvalue weighted by Gasteiger charge is 2.09. The Morgan fingerprint density at radius 3 is 2.67 bits per heavy atom. The molecule has 5 nitrogen and oxygen atoms in total. The van der Waals surface area contributed by atoms with E-state index in [1.165, 1.54) is 12.1 Å². The molecule has 0 aliphatic carbocycles. The average Bonchev–Trinajstić information content (AvgIpc) is 2.24. The fraction of sp³-hybridized carbons (Fsp3) is 0.538. The number of aromatic carboxylic acids is 1. The Morgan fingerprint density at radius 2 is 2.11 bits per heavy atom. The number of nitrogens with zero attached hydrogens (tertiary/aromatic N) is 1. The fourth-order valence-electron chi connectivity index (χ4n) is 1.73. The molecule has 0 saturated carbocycles. The molecule has 100 valence electrons. The lowest BCUT2D eigenvalue weighted by Gasteiger charge is -2.14. The number of hydrogen-bond acceptors (Lipinski definition) is 4. The van der Waals surface area contributed by atoms with Crippen LogP contribution in [0.5, 0.6) is 0 Å². The lowest BCUT2D eigenvalue weighted by atomic mass is 10.1. The van der Waals surface area contributed by atoms with E-state index < -0.39 is 12.1 Å². The Morgan fingerprint density at radius 1 is 1.44 bits per heavy atom. The number of aliphatic hydroxyl groups is 1. The van der Waals surface area contributed by atoms with Gasteiger partial charge in [-0.2, -0.15) is 0 Å². The lowest BCUT2D eigenvalue weighted by Crippen LogP contribution is -2.22. The van der Waals surface area contributed by atoms with Gasteiger partial charge in [-0.3, -0.25) is 0 Å². The minimum Gasteiger partial charge on any atom is -0.478 e. The van der Waals surface area contributed by atoms with E-state index in [-0.39, 0.29) is 5.56 Å². The topological polar surface area (TPSA) is 82.5 Å². The molecule has 3 N–H and O–H groups in total. The lowest BCUT2D eigenvalue weighted by molar-refractivity contribution is 0.0696. The van der Waals surface area contributed by atoms with Crippen molar-refractivity contribution >= 4 is 11.8 Å². The van der Waals surface area contributed by atoms with Crippen molar-refractivity contribution in [1.29, 1.82) is 0 Å². The summed E-state index contributed by atoms with van der Waals surface area (Å²) in [6.07, 6.45) is 0.241. The minimum atomic E-state index is -0.980. The van der Waals surface area contributed by atoms with Gasteiger partial charge in [0, 0.05) is 12.2 Å². The van der Waals surface area contributed by atoms with E-state index in [1.807, 2.05) is 13.8 Å². The van der Waals surface area contributed by atoms with Crippen LogP contribution in [0.25, 0.3) is 0 Å². The summed E-state index contributed by atoms with van der Waals surface area (Å²) >= 11 is 0.